The van der Waals surface area contributed by atoms with Crippen LogP contribution in [0.5, 0.6) is 0 Å². The second-order valence-corrected chi connectivity index (χ2v) is 1.67. The summed E-state index contributed by atoms with van der Waals surface area (Å²) in [5, 5.41) is 0. The van der Waals surface area contributed by atoms with Gasteiger partial charge < -0.3 is 0 Å². The lowest BCUT2D eigenvalue weighted by Crippen LogP contribution is -1.91. The third-order valence-corrected chi connectivity index (χ3v) is 0.960. The summed E-state index contributed by atoms with van der Waals surface area (Å²) in [6.07, 6.45) is 0.955. The molecular formula is C9H23F. The van der Waals surface area contributed by atoms with Gasteiger partial charge in [-0.25, -0.2) is 0 Å². The van der Waals surface area contributed by atoms with Gasteiger partial charge >= 0.3 is 0 Å². The summed E-state index contributed by atoms with van der Waals surface area (Å²) in [7, 11) is 0. The highest BCUT2D eigenvalue weighted by Gasteiger charge is 1.92. The highest BCUT2D eigenvalue weighted by Crippen LogP contribution is 1.98. The van der Waals surface area contributed by atoms with Crippen LogP contribution in [0, 0.1) is 5.92 Å². The van der Waals surface area contributed by atoms with E-state index < -0.39 is 0 Å². The molecule has 0 aliphatic heterocycles. The van der Waals surface area contributed by atoms with Crippen LogP contribution < -0.4 is 0 Å². The van der Waals surface area contributed by atoms with Crippen molar-refractivity contribution in [2.24, 2.45) is 5.92 Å². The predicted molar refractivity (Wildman–Crippen MR) is 48.1 cm³/mol. The Hall–Kier alpha value is -0.0700. The van der Waals surface area contributed by atoms with Gasteiger partial charge in [0.2, 0.25) is 0 Å². The van der Waals surface area contributed by atoms with E-state index in [1.807, 2.05) is 41.5 Å². The van der Waals surface area contributed by atoms with Crippen LogP contribution in [0.1, 0.15) is 48.0 Å². The van der Waals surface area contributed by atoms with E-state index in [9.17, 15) is 4.39 Å². The van der Waals surface area contributed by atoms with Crippen molar-refractivity contribution < 1.29 is 4.39 Å². The van der Waals surface area contributed by atoms with Crippen molar-refractivity contribution in [2.45, 2.75) is 48.0 Å². The summed E-state index contributed by atoms with van der Waals surface area (Å²) < 4.78 is 11.4. The van der Waals surface area contributed by atoms with Crippen LogP contribution in [0.2, 0.25) is 0 Å². The Bertz CT molecular complexity index is 23.9. The van der Waals surface area contributed by atoms with Gasteiger partial charge in [-0.15, -0.1) is 0 Å². The Labute approximate surface area is 65.8 Å². The quantitative estimate of drug-likeness (QED) is 0.557. The van der Waals surface area contributed by atoms with Gasteiger partial charge in [0.1, 0.15) is 0 Å². The molecule has 0 bridgehead atoms. The first-order chi connectivity index (χ1) is 4.81. The average Bonchev–Trinajstić information content (AvgIpc) is 2.10. The Morgan fingerprint density at radius 2 is 1.40 bits per heavy atom. The first-order valence-corrected chi connectivity index (χ1v) is 4.37. The molecule has 0 aliphatic rings. The molecule has 0 aliphatic carbocycles. The van der Waals surface area contributed by atoms with Crippen molar-refractivity contribution in [3.63, 3.8) is 0 Å². The molecule has 0 fully saturated rings. The molecule has 1 heteroatoms. The fourth-order valence-corrected chi connectivity index (χ4v) is 0.109. The van der Waals surface area contributed by atoms with Gasteiger partial charge in [-0.05, 0) is 5.92 Å². The van der Waals surface area contributed by atoms with Gasteiger partial charge in [0.25, 0.3) is 0 Å². The van der Waals surface area contributed by atoms with Crippen molar-refractivity contribution in [3.8, 4) is 0 Å². The molecule has 1 atom stereocenters. The summed E-state index contributed by atoms with van der Waals surface area (Å²) in [4.78, 5) is 0. The molecule has 0 saturated carbocycles. The van der Waals surface area contributed by atoms with E-state index in [2.05, 4.69) is 0 Å². The number of halogens is 1. The van der Waals surface area contributed by atoms with E-state index in [0.29, 0.717) is 0 Å². The molecule has 0 rings (SSSR count). The molecule has 0 amide bonds. The van der Waals surface area contributed by atoms with Crippen molar-refractivity contribution in [1.82, 2.24) is 0 Å². The van der Waals surface area contributed by atoms with E-state index >= 15 is 0 Å². The van der Waals surface area contributed by atoms with E-state index in [-0.39, 0.29) is 12.6 Å². The van der Waals surface area contributed by atoms with Gasteiger partial charge in [-0.3, -0.25) is 4.39 Å². The maximum atomic E-state index is 11.4. The van der Waals surface area contributed by atoms with Crippen LogP contribution in [0.3, 0.4) is 0 Å². The van der Waals surface area contributed by atoms with Crippen LogP contribution in [-0.2, 0) is 0 Å². The summed E-state index contributed by atoms with van der Waals surface area (Å²) in [5.74, 6) is 0.269. The molecule has 0 aromatic heterocycles. The zero-order valence-electron chi connectivity index (χ0n) is 8.37. The van der Waals surface area contributed by atoms with Crippen LogP contribution >= 0.6 is 0 Å². The van der Waals surface area contributed by atoms with Gasteiger partial charge in [0.15, 0.2) is 0 Å². The molecule has 10 heavy (non-hydrogen) atoms. The second kappa shape index (κ2) is 23.1. The second-order valence-electron chi connectivity index (χ2n) is 1.67. The van der Waals surface area contributed by atoms with E-state index in [4.69, 9.17) is 0 Å². The van der Waals surface area contributed by atoms with Crippen molar-refractivity contribution in [2.75, 3.05) is 6.67 Å². The lowest BCUT2D eigenvalue weighted by Gasteiger charge is -1.95. The highest BCUT2D eigenvalue weighted by atomic mass is 19.1. The van der Waals surface area contributed by atoms with Crippen molar-refractivity contribution in [1.29, 1.82) is 0 Å². The molecule has 0 radical (unpaired) electrons. The molecular weight excluding hydrogens is 127 g/mol. The third-order valence-electron chi connectivity index (χ3n) is 0.960. The summed E-state index contributed by atoms with van der Waals surface area (Å²) >= 11 is 0. The fourth-order valence-electron chi connectivity index (χ4n) is 0.109. The van der Waals surface area contributed by atoms with Crippen LogP contribution in [0.15, 0.2) is 0 Å². The molecule has 0 nitrogen and oxygen atoms in total. The zero-order chi connectivity index (χ0) is 8.99. The molecule has 0 N–H and O–H groups in total. The maximum Gasteiger partial charge on any atom is 0.0919 e. The van der Waals surface area contributed by atoms with Gasteiger partial charge in [-0.2, -0.15) is 0 Å². The standard InChI is InChI=1S/C5H11F.2C2H6/c1-3-5(2)4-6;2*1-2/h5H,3-4H2,1-2H3;2*1-2H3. The van der Waals surface area contributed by atoms with Gasteiger partial charge in [-0.1, -0.05) is 48.0 Å². The third kappa shape index (κ3) is 24.7. The van der Waals surface area contributed by atoms with E-state index in [1.54, 1.807) is 0 Å². The number of alkyl halides is 1. The normalized spacial score (nSPS) is 9.90. The average molecular weight is 150 g/mol. The van der Waals surface area contributed by atoms with Crippen LogP contribution in [0.4, 0.5) is 4.39 Å². The van der Waals surface area contributed by atoms with Crippen molar-refractivity contribution in [3.05, 3.63) is 0 Å². The predicted octanol–water partition coefficient (Wildman–Crippen LogP) is 4.05. The smallest absolute Gasteiger partial charge is 0.0919 e. The lowest BCUT2D eigenvalue weighted by atomic mass is 10.1. The minimum atomic E-state index is -0.170. The van der Waals surface area contributed by atoms with Crippen LogP contribution in [-0.4, -0.2) is 6.67 Å². The number of hydrogen-bond acceptors (Lipinski definition) is 0. The first kappa shape index (κ1) is 16.5. The largest absolute Gasteiger partial charge is 0.251 e. The molecule has 0 aromatic carbocycles. The van der Waals surface area contributed by atoms with Crippen LogP contribution in [0.25, 0.3) is 0 Å². The summed E-state index contributed by atoms with van der Waals surface area (Å²) in [6, 6.07) is 0. The van der Waals surface area contributed by atoms with Gasteiger partial charge in [0, 0.05) is 0 Å². The van der Waals surface area contributed by atoms with Gasteiger partial charge in [0.05, 0.1) is 6.67 Å². The Balaban J connectivity index is -0.000000105. The monoisotopic (exact) mass is 150 g/mol. The topological polar surface area (TPSA) is 0 Å². The first-order valence-electron chi connectivity index (χ1n) is 4.37. The Morgan fingerprint density at radius 3 is 1.40 bits per heavy atom. The minimum absolute atomic E-state index is 0.170. The SMILES string of the molecule is CC.CC.CCC(C)CF. The highest BCUT2D eigenvalue weighted by molar-refractivity contribution is 4.42. The van der Waals surface area contributed by atoms with Crippen molar-refractivity contribution >= 4 is 0 Å². The van der Waals surface area contributed by atoms with E-state index in [0.717, 1.165) is 6.42 Å². The molecule has 0 heterocycles. The summed E-state index contributed by atoms with van der Waals surface area (Å²) in [6.45, 7) is 11.7. The molecule has 0 spiro atoms. The molecule has 0 aromatic rings. The molecule has 0 saturated heterocycles. The number of rotatable bonds is 2. The lowest BCUT2D eigenvalue weighted by molar-refractivity contribution is 0.375. The zero-order valence-corrected chi connectivity index (χ0v) is 8.37. The Kier molecular flexibility index (Phi) is 38.1. The Morgan fingerprint density at radius 1 is 1.10 bits per heavy atom. The fraction of sp³-hybridized carbons (Fsp3) is 1.00. The molecule has 1 unspecified atom stereocenters. The maximum absolute atomic E-state index is 11.4. The van der Waals surface area contributed by atoms with E-state index in [1.165, 1.54) is 0 Å². The minimum Gasteiger partial charge on any atom is -0.251 e. The molecule has 66 valence electrons. The number of hydrogen-bond donors (Lipinski definition) is 0. The summed E-state index contributed by atoms with van der Waals surface area (Å²) in [5.41, 5.74) is 0.